The summed E-state index contributed by atoms with van der Waals surface area (Å²) in [6.45, 7) is 1.96. The molecule has 3 nitrogen and oxygen atoms in total. The van der Waals surface area contributed by atoms with Crippen molar-refractivity contribution in [2.75, 3.05) is 13.7 Å². The monoisotopic (exact) mass is 270 g/mol. The Morgan fingerprint density at radius 3 is 2.90 bits per heavy atom. The molecule has 2 fully saturated rings. The number of rotatable bonds is 5. The third kappa shape index (κ3) is 2.66. The molecule has 3 heteroatoms. The molecule has 2 aliphatic rings. The lowest BCUT2D eigenvalue weighted by molar-refractivity contribution is 0.318. The number of nitriles is 1. The van der Waals surface area contributed by atoms with Gasteiger partial charge in [0, 0.05) is 6.54 Å². The standard InChI is InChI=1S/C17H22N2O/c1-20-17-5-3-13(8-15(17)9-18)10-19-11-16-7-12-2-4-14(16)6-12/h3,5,8,12,14,16,19H,2,4,6-7,10-11H2,1H3. The summed E-state index contributed by atoms with van der Waals surface area (Å²) in [5.74, 6) is 3.52. The van der Waals surface area contributed by atoms with Gasteiger partial charge < -0.3 is 10.1 Å². The molecular formula is C17H22N2O. The Hall–Kier alpha value is -1.53. The van der Waals surface area contributed by atoms with E-state index in [1.807, 2.05) is 18.2 Å². The van der Waals surface area contributed by atoms with Gasteiger partial charge in [-0.05, 0) is 61.3 Å². The maximum atomic E-state index is 9.09. The molecule has 3 rings (SSSR count). The van der Waals surface area contributed by atoms with Crippen molar-refractivity contribution in [3.05, 3.63) is 29.3 Å². The van der Waals surface area contributed by atoms with Gasteiger partial charge >= 0.3 is 0 Å². The molecule has 1 aromatic rings. The third-order valence-electron chi connectivity index (χ3n) is 5.00. The summed E-state index contributed by atoms with van der Waals surface area (Å²) in [6, 6.07) is 8.03. The fraction of sp³-hybridized carbons (Fsp3) is 0.588. The lowest BCUT2D eigenvalue weighted by Crippen LogP contribution is -2.26. The zero-order chi connectivity index (χ0) is 13.9. The van der Waals surface area contributed by atoms with Crippen LogP contribution >= 0.6 is 0 Å². The fourth-order valence-electron chi connectivity index (χ4n) is 3.98. The quantitative estimate of drug-likeness (QED) is 0.894. The molecule has 2 aliphatic carbocycles. The van der Waals surface area contributed by atoms with E-state index < -0.39 is 0 Å². The molecule has 0 heterocycles. The topological polar surface area (TPSA) is 45.0 Å². The van der Waals surface area contributed by atoms with Crippen LogP contribution in [0.4, 0.5) is 0 Å². The van der Waals surface area contributed by atoms with Crippen molar-refractivity contribution in [1.82, 2.24) is 5.32 Å². The van der Waals surface area contributed by atoms with Gasteiger partial charge in [0.15, 0.2) is 0 Å². The fourth-order valence-corrected chi connectivity index (χ4v) is 3.98. The number of nitrogens with one attached hydrogen (secondary N) is 1. The lowest BCUT2D eigenvalue weighted by Gasteiger charge is -2.22. The van der Waals surface area contributed by atoms with Gasteiger partial charge in [-0.3, -0.25) is 0 Å². The van der Waals surface area contributed by atoms with Crippen molar-refractivity contribution >= 4 is 0 Å². The number of fused-ring (bicyclic) bond motifs is 2. The van der Waals surface area contributed by atoms with Crippen molar-refractivity contribution in [3.63, 3.8) is 0 Å². The van der Waals surface area contributed by atoms with Crippen molar-refractivity contribution in [3.8, 4) is 11.8 Å². The molecule has 0 aliphatic heterocycles. The number of methoxy groups -OCH3 is 1. The van der Waals surface area contributed by atoms with E-state index in [4.69, 9.17) is 10.00 Å². The summed E-state index contributed by atoms with van der Waals surface area (Å²) in [7, 11) is 1.60. The molecule has 0 spiro atoms. The van der Waals surface area contributed by atoms with Crippen LogP contribution in [0.1, 0.15) is 36.8 Å². The molecule has 1 N–H and O–H groups in total. The highest BCUT2D eigenvalue weighted by Gasteiger charge is 2.38. The third-order valence-corrected chi connectivity index (χ3v) is 5.00. The molecule has 2 saturated carbocycles. The van der Waals surface area contributed by atoms with Gasteiger partial charge in [0.25, 0.3) is 0 Å². The van der Waals surface area contributed by atoms with Gasteiger partial charge in [0.1, 0.15) is 11.8 Å². The first-order chi connectivity index (χ1) is 9.80. The van der Waals surface area contributed by atoms with E-state index in [1.165, 1.54) is 25.7 Å². The van der Waals surface area contributed by atoms with Gasteiger partial charge in [-0.2, -0.15) is 5.26 Å². The summed E-state index contributed by atoms with van der Waals surface area (Å²) in [5.41, 5.74) is 1.78. The van der Waals surface area contributed by atoms with E-state index in [0.29, 0.717) is 11.3 Å². The van der Waals surface area contributed by atoms with E-state index in [9.17, 15) is 0 Å². The smallest absolute Gasteiger partial charge is 0.136 e. The van der Waals surface area contributed by atoms with E-state index >= 15 is 0 Å². The summed E-state index contributed by atoms with van der Waals surface area (Å²) in [4.78, 5) is 0. The van der Waals surface area contributed by atoms with Crippen LogP contribution in [0.15, 0.2) is 18.2 Å². The summed E-state index contributed by atoms with van der Waals surface area (Å²) in [5, 5.41) is 12.7. The second kappa shape index (κ2) is 5.85. The van der Waals surface area contributed by atoms with Gasteiger partial charge in [-0.1, -0.05) is 12.5 Å². The number of ether oxygens (including phenoxy) is 1. The average Bonchev–Trinajstić information content (AvgIpc) is 3.09. The van der Waals surface area contributed by atoms with Crippen molar-refractivity contribution in [2.24, 2.45) is 17.8 Å². The first-order valence-corrected chi connectivity index (χ1v) is 7.58. The van der Waals surface area contributed by atoms with Gasteiger partial charge in [0.2, 0.25) is 0 Å². The van der Waals surface area contributed by atoms with Crippen molar-refractivity contribution < 1.29 is 4.74 Å². The molecule has 1 aromatic carbocycles. The molecule has 3 unspecified atom stereocenters. The minimum absolute atomic E-state index is 0.617. The molecule has 0 saturated heterocycles. The van der Waals surface area contributed by atoms with Gasteiger partial charge in [0.05, 0.1) is 12.7 Å². The maximum Gasteiger partial charge on any atom is 0.136 e. The van der Waals surface area contributed by atoms with Crippen LogP contribution in [0, 0.1) is 29.1 Å². The Kier molecular flexibility index (Phi) is 3.93. The van der Waals surface area contributed by atoms with E-state index in [-0.39, 0.29) is 0 Å². The Morgan fingerprint density at radius 1 is 1.35 bits per heavy atom. The number of benzene rings is 1. The van der Waals surface area contributed by atoms with Crippen LogP contribution in [-0.4, -0.2) is 13.7 Å². The van der Waals surface area contributed by atoms with Crippen LogP contribution in [0.2, 0.25) is 0 Å². The molecule has 0 amide bonds. The number of hydrogen-bond donors (Lipinski definition) is 1. The Bertz CT molecular complexity index is 520. The highest BCUT2D eigenvalue weighted by molar-refractivity contribution is 5.45. The molecule has 0 aromatic heterocycles. The molecule has 0 radical (unpaired) electrons. The number of nitrogens with zero attached hydrogens (tertiary/aromatic N) is 1. The van der Waals surface area contributed by atoms with E-state index in [2.05, 4.69) is 11.4 Å². The maximum absolute atomic E-state index is 9.09. The average molecular weight is 270 g/mol. The first-order valence-electron chi connectivity index (χ1n) is 7.58. The van der Waals surface area contributed by atoms with Crippen LogP contribution in [-0.2, 0) is 6.54 Å². The zero-order valence-electron chi connectivity index (χ0n) is 12.1. The molecule has 3 atom stereocenters. The van der Waals surface area contributed by atoms with Gasteiger partial charge in [-0.15, -0.1) is 0 Å². The minimum Gasteiger partial charge on any atom is -0.495 e. The largest absolute Gasteiger partial charge is 0.495 e. The highest BCUT2D eigenvalue weighted by atomic mass is 16.5. The predicted octanol–water partition coefficient (Wildman–Crippen LogP) is 3.09. The van der Waals surface area contributed by atoms with E-state index in [1.54, 1.807) is 7.11 Å². The second-order valence-electron chi connectivity index (χ2n) is 6.21. The predicted molar refractivity (Wildman–Crippen MR) is 78.4 cm³/mol. The molecule has 2 bridgehead atoms. The van der Waals surface area contributed by atoms with E-state index in [0.717, 1.165) is 36.4 Å². The Balaban J connectivity index is 1.52. The van der Waals surface area contributed by atoms with Crippen LogP contribution in [0.25, 0.3) is 0 Å². The Labute approximate surface area is 120 Å². The van der Waals surface area contributed by atoms with Crippen LogP contribution < -0.4 is 10.1 Å². The summed E-state index contributed by atoms with van der Waals surface area (Å²) in [6.07, 6.45) is 5.79. The zero-order valence-corrected chi connectivity index (χ0v) is 12.1. The van der Waals surface area contributed by atoms with Crippen molar-refractivity contribution in [1.29, 1.82) is 5.26 Å². The molecule has 20 heavy (non-hydrogen) atoms. The second-order valence-corrected chi connectivity index (χ2v) is 6.21. The summed E-state index contributed by atoms with van der Waals surface area (Å²) >= 11 is 0. The Morgan fingerprint density at radius 2 is 2.25 bits per heavy atom. The number of hydrogen-bond acceptors (Lipinski definition) is 3. The SMILES string of the molecule is COc1ccc(CNCC2CC3CCC2C3)cc1C#N. The van der Waals surface area contributed by atoms with Crippen LogP contribution in [0.5, 0.6) is 5.75 Å². The van der Waals surface area contributed by atoms with Gasteiger partial charge in [-0.25, -0.2) is 0 Å². The normalized spacial score (nSPS) is 27.5. The first kappa shape index (κ1) is 13.5. The molecule has 106 valence electrons. The van der Waals surface area contributed by atoms with Crippen LogP contribution in [0.3, 0.4) is 0 Å². The molecular weight excluding hydrogens is 248 g/mol. The lowest BCUT2D eigenvalue weighted by atomic mass is 9.89. The van der Waals surface area contributed by atoms with Crippen molar-refractivity contribution in [2.45, 2.75) is 32.2 Å². The minimum atomic E-state index is 0.617. The summed E-state index contributed by atoms with van der Waals surface area (Å²) < 4.78 is 5.17. The highest BCUT2D eigenvalue weighted by Crippen LogP contribution is 2.47.